The Morgan fingerprint density at radius 3 is 2.60 bits per heavy atom. The number of hydrogen-bond acceptors (Lipinski definition) is 1. The Bertz CT molecular complexity index is 372. The Morgan fingerprint density at radius 2 is 2.13 bits per heavy atom. The van der Waals surface area contributed by atoms with Crippen LogP contribution in [0, 0.1) is 5.82 Å². The molecule has 0 aromatic heterocycles. The highest BCUT2D eigenvalue weighted by Gasteiger charge is 2.12. The summed E-state index contributed by atoms with van der Waals surface area (Å²) >= 11 is 8.69. The van der Waals surface area contributed by atoms with Gasteiger partial charge in [0.15, 0.2) is 0 Å². The van der Waals surface area contributed by atoms with Gasteiger partial charge in [-0.15, -0.1) is 0 Å². The Hall–Kier alpha value is -0.610. The molecular formula is C10H10BrClFNO. The molecule has 0 aliphatic heterocycles. The van der Waals surface area contributed by atoms with Crippen molar-refractivity contribution >= 4 is 33.4 Å². The predicted octanol–water partition coefficient (Wildman–Crippen LogP) is 3.38. The molecule has 82 valence electrons. The highest BCUT2D eigenvalue weighted by molar-refractivity contribution is 9.10. The first kappa shape index (κ1) is 12.5. The van der Waals surface area contributed by atoms with E-state index in [-0.39, 0.29) is 22.5 Å². The number of halogens is 3. The fourth-order valence-electron chi connectivity index (χ4n) is 1.03. The number of carbonyl (C=O) groups is 1. The van der Waals surface area contributed by atoms with Crippen molar-refractivity contribution in [2.45, 2.75) is 19.9 Å². The summed E-state index contributed by atoms with van der Waals surface area (Å²) in [7, 11) is 0. The van der Waals surface area contributed by atoms with Crippen LogP contribution in [0.3, 0.4) is 0 Å². The van der Waals surface area contributed by atoms with Gasteiger partial charge in [0.2, 0.25) is 0 Å². The third kappa shape index (κ3) is 3.18. The average Bonchev–Trinajstić information content (AvgIpc) is 2.12. The van der Waals surface area contributed by atoms with Crippen LogP contribution in [0.2, 0.25) is 5.02 Å². The highest BCUT2D eigenvalue weighted by Crippen LogP contribution is 2.26. The molecule has 1 N–H and O–H groups in total. The zero-order chi connectivity index (χ0) is 11.6. The fourth-order valence-corrected chi connectivity index (χ4v) is 1.58. The molecule has 1 aromatic rings. The lowest BCUT2D eigenvalue weighted by Gasteiger charge is -2.09. The summed E-state index contributed by atoms with van der Waals surface area (Å²) in [5.74, 6) is -0.929. The molecule has 2 nitrogen and oxygen atoms in total. The smallest absolute Gasteiger partial charge is 0.251 e. The maximum Gasteiger partial charge on any atom is 0.251 e. The van der Waals surface area contributed by atoms with Crippen LogP contribution in [0.4, 0.5) is 4.39 Å². The van der Waals surface area contributed by atoms with Gasteiger partial charge < -0.3 is 5.32 Å². The third-order valence-corrected chi connectivity index (χ3v) is 2.90. The molecule has 0 fully saturated rings. The van der Waals surface area contributed by atoms with E-state index in [9.17, 15) is 9.18 Å². The van der Waals surface area contributed by atoms with Crippen LogP contribution in [-0.4, -0.2) is 11.9 Å². The molecule has 0 aliphatic carbocycles. The summed E-state index contributed by atoms with van der Waals surface area (Å²) in [4.78, 5) is 11.5. The van der Waals surface area contributed by atoms with Gasteiger partial charge in [-0.3, -0.25) is 4.79 Å². The van der Waals surface area contributed by atoms with E-state index in [1.54, 1.807) is 0 Å². The SMILES string of the molecule is CC(C)NC(=O)c1cc(F)c(Cl)c(Br)c1. The molecular weight excluding hydrogens is 284 g/mol. The predicted molar refractivity (Wildman–Crippen MR) is 61.7 cm³/mol. The molecule has 0 heterocycles. The normalized spacial score (nSPS) is 10.5. The van der Waals surface area contributed by atoms with Gasteiger partial charge in [-0.1, -0.05) is 11.6 Å². The Morgan fingerprint density at radius 1 is 1.53 bits per heavy atom. The van der Waals surface area contributed by atoms with Crippen LogP contribution in [0.15, 0.2) is 16.6 Å². The summed E-state index contributed by atoms with van der Waals surface area (Å²) in [5.41, 5.74) is 0.248. The van der Waals surface area contributed by atoms with E-state index in [1.807, 2.05) is 13.8 Å². The molecule has 15 heavy (non-hydrogen) atoms. The quantitative estimate of drug-likeness (QED) is 0.832. The first-order valence-corrected chi connectivity index (χ1v) is 5.54. The molecule has 0 radical (unpaired) electrons. The Balaban J connectivity index is 3.01. The molecule has 1 aromatic carbocycles. The lowest BCUT2D eigenvalue weighted by atomic mass is 10.2. The van der Waals surface area contributed by atoms with Crippen molar-refractivity contribution < 1.29 is 9.18 Å². The van der Waals surface area contributed by atoms with Gasteiger partial charge in [-0.2, -0.15) is 0 Å². The first-order chi connectivity index (χ1) is 6.91. The lowest BCUT2D eigenvalue weighted by molar-refractivity contribution is 0.0942. The average molecular weight is 295 g/mol. The summed E-state index contributed by atoms with van der Waals surface area (Å²) in [6.07, 6.45) is 0. The zero-order valence-electron chi connectivity index (χ0n) is 8.27. The van der Waals surface area contributed by atoms with Crippen molar-refractivity contribution in [3.05, 3.63) is 33.0 Å². The standard InChI is InChI=1S/C10H10BrClFNO/c1-5(2)14-10(15)6-3-7(11)9(12)8(13)4-6/h3-5H,1-2H3,(H,14,15). The number of carbonyl (C=O) groups excluding carboxylic acids is 1. The van der Waals surface area contributed by atoms with Gasteiger partial charge in [0.05, 0.1) is 5.02 Å². The minimum Gasteiger partial charge on any atom is -0.350 e. The van der Waals surface area contributed by atoms with Gasteiger partial charge in [-0.05, 0) is 41.9 Å². The van der Waals surface area contributed by atoms with Crippen molar-refractivity contribution in [2.24, 2.45) is 0 Å². The summed E-state index contributed by atoms with van der Waals surface area (Å²) in [6, 6.07) is 2.61. The second-order valence-corrected chi connectivity index (χ2v) is 4.61. The monoisotopic (exact) mass is 293 g/mol. The second-order valence-electron chi connectivity index (χ2n) is 3.38. The van der Waals surface area contributed by atoms with E-state index in [0.717, 1.165) is 6.07 Å². The molecule has 0 spiro atoms. The van der Waals surface area contributed by atoms with Gasteiger partial charge in [0.25, 0.3) is 5.91 Å². The third-order valence-electron chi connectivity index (χ3n) is 1.67. The van der Waals surface area contributed by atoms with Crippen molar-refractivity contribution in [3.8, 4) is 0 Å². The van der Waals surface area contributed by atoms with Gasteiger partial charge in [0, 0.05) is 16.1 Å². The van der Waals surface area contributed by atoms with Crippen molar-refractivity contribution in [1.82, 2.24) is 5.32 Å². The van der Waals surface area contributed by atoms with Crippen LogP contribution in [0.5, 0.6) is 0 Å². The van der Waals surface area contributed by atoms with Crippen LogP contribution < -0.4 is 5.32 Å². The van der Waals surface area contributed by atoms with Gasteiger partial charge in [0.1, 0.15) is 5.82 Å². The minimum absolute atomic E-state index is 0.00927. The number of benzene rings is 1. The topological polar surface area (TPSA) is 29.1 Å². The number of rotatable bonds is 2. The first-order valence-electron chi connectivity index (χ1n) is 4.37. The summed E-state index contributed by atoms with van der Waals surface area (Å²) in [5, 5.41) is 2.65. The lowest BCUT2D eigenvalue weighted by Crippen LogP contribution is -2.30. The minimum atomic E-state index is -0.611. The second kappa shape index (κ2) is 4.94. The molecule has 0 atom stereocenters. The van der Waals surface area contributed by atoms with Gasteiger partial charge in [-0.25, -0.2) is 4.39 Å². The molecule has 0 saturated carbocycles. The van der Waals surface area contributed by atoms with E-state index in [1.165, 1.54) is 6.07 Å². The largest absolute Gasteiger partial charge is 0.350 e. The highest BCUT2D eigenvalue weighted by atomic mass is 79.9. The number of amides is 1. The Kier molecular flexibility index (Phi) is 4.11. The maximum atomic E-state index is 13.2. The van der Waals surface area contributed by atoms with E-state index in [4.69, 9.17) is 11.6 Å². The van der Waals surface area contributed by atoms with Gasteiger partial charge >= 0.3 is 0 Å². The summed E-state index contributed by atoms with van der Waals surface area (Å²) in [6.45, 7) is 3.67. The van der Waals surface area contributed by atoms with Crippen molar-refractivity contribution in [3.63, 3.8) is 0 Å². The maximum absolute atomic E-state index is 13.2. The van der Waals surface area contributed by atoms with Crippen molar-refractivity contribution in [1.29, 1.82) is 0 Å². The Labute approximate surface area is 101 Å². The van der Waals surface area contributed by atoms with Crippen LogP contribution >= 0.6 is 27.5 Å². The summed E-state index contributed by atoms with van der Waals surface area (Å²) < 4.78 is 13.6. The zero-order valence-corrected chi connectivity index (χ0v) is 10.6. The van der Waals surface area contributed by atoms with E-state index >= 15 is 0 Å². The number of nitrogens with one attached hydrogen (secondary N) is 1. The van der Waals surface area contributed by atoms with E-state index in [0.29, 0.717) is 4.47 Å². The fraction of sp³-hybridized carbons (Fsp3) is 0.300. The van der Waals surface area contributed by atoms with Crippen LogP contribution in [0.1, 0.15) is 24.2 Å². The van der Waals surface area contributed by atoms with Crippen LogP contribution in [-0.2, 0) is 0 Å². The molecule has 0 unspecified atom stereocenters. The van der Waals surface area contributed by atoms with E-state index in [2.05, 4.69) is 21.2 Å². The molecule has 0 bridgehead atoms. The molecule has 1 rings (SSSR count). The number of hydrogen-bond donors (Lipinski definition) is 1. The molecule has 0 saturated heterocycles. The van der Waals surface area contributed by atoms with Crippen molar-refractivity contribution in [2.75, 3.05) is 0 Å². The molecule has 1 amide bonds. The molecule has 0 aliphatic rings. The molecule has 5 heteroatoms. The van der Waals surface area contributed by atoms with Crippen LogP contribution in [0.25, 0.3) is 0 Å². The van der Waals surface area contributed by atoms with E-state index < -0.39 is 5.82 Å².